The summed E-state index contributed by atoms with van der Waals surface area (Å²) in [6, 6.07) is 13.3. The first-order chi connectivity index (χ1) is 11.9. The van der Waals surface area contributed by atoms with E-state index in [9.17, 15) is 17.6 Å². The number of thioether (sulfide) groups is 1. The van der Waals surface area contributed by atoms with Gasteiger partial charge in [-0.05, 0) is 30.3 Å². The number of carbonyl (C=O) groups excluding carboxylic acids is 1. The molecular formula is C17H19FN2O3S2. The second-order valence-corrected chi connectivity index (χ2v) is 8.22. The number of sulfonamides is 1. The van der Waals surface area contributed by atoms with Gasteiger partial charge in [0.15, 0.2) is 0 Å². The molecule has 0 spiro atoms. The number of carbonyl (C=O) groups is 1. The van der Waals surface area contributed by atoms with E-state index in [1.807, 2.05) is 0 Å². The molecule has 0 saturated carbocycles. The molecule has 0 fully saturated rings. The number of amides is 1. The zero-order valence-electron chi connectivity index (χ0n) is 13.7. The Kier molecular flexibility index (Phi) is 6.98. The second kappa shape index (κ2) is 8.98. The minimum Gasteiger partial charge on any atom is -0.351 e. The molecule has 2 aromatic carbocycles. The predicted molar refractivity (Wildman–Crippen MR) is 97.1 cm³/mol. The van der Waals surface area contributed by atoms with E-state index in [-0.39, 0.29) is 23.2 Å². The first-order valence-corrected chi connectivity index (χ1v) is 10.2. The molecule has 0 aliphatic carbocycles. The minimum absolute atomic E-state index is 0.0879. The molecule has 2 rings (SSSR count). The Labute approximate surface area is 151 Å². The summed E-state index contributed by atoms with van der Waals surface area (Å²) < 4.78 is 38.7. The molecule has 2 aromatic rings. The molecule has 8 heteroatoms. The highest BCUT2D eigenvalue weighted by molar-refractivity contribution is 8.00. The zero-order chi connectivity index (χ0) is 18.3. The van der Waals surface area contributed by atoms with Crippen LogP contribution in [0.4, 0.5) is 4.39 Å². The third-order valence-electron chi connectivity index (χ3n) is 3.38. The summed E-state index contributed by atoms with van der Waals surface area (Å²) in [5.41, 5.74) is 1.52. The van der Waals surface area contributed by atoms with Crippen LogP contribution in [0.1, 0.15) is 11.1 Å². The third-order valence-corrected chi connectivity index (χ3v) is 5.76. The van der Waals surface area contributed by atoms with Gasteiger partial charge in [0.25, 0.3) is 0 Å². The normalized spacial score (nSPS) is 11.3. The van der Waals surface area contributed by atoms with Crippen LogP contribution >= 0.6 is 11.8 Å². The lowest BCUT2D eigenvalue weighted by atomic mass is 10.1. The fourth-order valence-electron chi connectivity index (χ4n) is 2.00. The van der Waals surface area contributed by atoms with Crippen molar-refractivity contribution in [2.75, 3.05) is 12.8 Å². The van der Waals surface area contributed by atoms with Crippen LogP contribution in [-0.2, 0) is 27.1 Å². The fourth-order valence-corrected chi connectivity index (χ4v) is 3.55. The summed E-state index contributed by atoms with van der Waals surface area (Å²) in [7, 11) is -1.93. The fraction of sp³-hybridized carbons (Fsp3) is 0.235. The maximum absolute atomic E-state index is 13.5. The summed E-state index contributed by atoms with van der Waals surface area (Å²) in [5, 5.41) is 2.75. The van der Waals surface area contributed by atoms with Gasteiger partial charge < -0.3 is 5.32 Å². The van der Waals surface area contributed by atoms with E-state index in [2.05, 4.69) is 10.0 Å². The van der Waals surface area contributed by atoms with Crippen molar-refractivity contribution in [1.29, 1.82) is 0 Å². The lowest BCUT2D eigenvalue weighted by Crippen LogP contribution is -2.24. The van der Waals surface area contributed by atoms with Crippen molar-refractivity contribution in [3.05, 3.63) is 65.5 Å². The molecule has 0 heterocycles. The molecule has 0 aliphatic heterocycles. The van der Waals surface area contributed by atoms with Crippen molar-refractivity contribution in [2.24, 2.45) is 0 Å². The maximum Gasteiger partial charge on any atom is 0.230 e. The van der Waals surface area contributed by atoms with Crippen molar-refractivity contribution in [1.82, 2.24) is 10.0 Å². The van der Waals surface area contributed by atoms with Gasteiger partial charge in [0.1, 0.15) is 5.82 Å². The largest absolute Gasteiger partial charge is 0.351 e. The molecule has 0 bridgehead atoms. The van der Waals surface area contributed by atoms with Gasteiger partial charge in [0, 0.05) is 11.4 Å². The Balaban J connectivity index is 1.81. The average Bonchev–Trinajstić information content (AvgIpc) is 2.60. The van der Waals surface area contributed by atoms with E-state index >= 15 is 0 Å². The van der Waals surface area contributed by atoms with Crippen molar-refractivity contribution in [3.8, 4) is 0 Å². The van der Waals surface area contributed by atoms with Crippen LogP contribution in [0.2, 0.25) is 0 Å². The van der Waals surface area contributed by atoms with Crippen molar-refractivity contribution >= 4 is 27.7 Å². The number of benzene rings is 2. The summed E-state index contributed by atoms with van der Waals surface area (Å²) in [6.07, 6.45) is 0. The standard InChI is InChI=1S/C17H19FN2O3S2/c1-19-25(22,23)12-14-8-6-13(7-9-14)10-20-17(21)11-24-16-5-3-2-4-15(16)18/h2-9,19H,10-12H2,1H3,(H,20,21). The summed E-state index contributed by atoms with van der Waals surface area (Å²) in [6.45, 7) is 0.329. The maximum atomic E-state index is 13.5. The molecule has 25 heavy (non-hydrogen) atoms. The number of rotatable bonds is 8. The second-order valence-electron chi connectivity index (χ2n) is 5.28. The Morgan fingerprint density at radius 2 is 1.72 bits per heavy atom. The Hall–Kier alpha value is -1.90. The van der Waals surface area contributed by atoms with Gasteiger partial charge in [-0.2, -0.15) is 0 Å². The van der Waals surface area contributed by atoms with Crippen molar-refractivity contribution in [3.63, 3.8) is 0 Å². The molecule has 1 amide bonds. The van der Waals surface area contributed by atoms with Gasteiger partial charge >= 0.3 is 0 Å². The van der Waals surface area contributed by atoms with Crippen molar-refractivity contribution in [2.45, 2.75) is 17.2 Å². The Bertz CT molecular complexity index is 824. The SMILES string of the molecule is CNS(=O)(=O)Cc1ccc(CNC(=O)CSc2ccccc2F)cc1. The van der Waals surface area contributed by atoms with Gasteiger partial charge in [-0.25, -0.2) is 17.5 Å². The molecule has 5 nitrogen and oxygen atoms in total. The van der Waals surface area contributed by atoms with Crippen LogP contribution in [0.5, 0.6) is 0 Å². The zero-order valence-corrected chi connectivity index (χ0v) is 15.3. The van der Waals surface area contributed by atoms with Crippen LogP contribution in [0, 0.1) is 5.82 Å². The summed E-state index contributed by atoms with van der Waals surface area (Å²) in [4.78, 5) is 12.3. The van der Waals surface area contributed by atoms with Gasteiger partial charge in [-0.3, -0.25) is 4.79 Å². The van der Waals surface area contributed by atoms with Crippen LogP contribution in [0.25, 0.3) is 0 Å². The highest BCUT2D eigenvalue weighted by Gasteiger charge is 2.09. The molecule has 0 aliphatic rings. The molecule has 0 saturated heterocycles. The van der Waals surface area contributed by atoms with Crippen LogP contribution < -0.4 is 10.0 Å². The molecule has 2 N–H and O–H groups in total. The van der Waals surface area contributed by atoms with E-state index in [0.717, 1.165) is 17.3 Å². The van der Waals surface area contributed by atoms with E-state index in [0.29, 0.717) is 17.0 Å². The van der Waals surface area contributed by atoms with Crippen LogP contribution in [-0.4, -0.2) is 27.1 Å². The monoisotopic (exact) mass is 382 g/mol. The van der Waals surface area contributed by atoms with Crippen LogP contribution in [0.15, 0.2) is 53.4 Å². The molecule has 0 radical (unpaired) electrons. The van der Waals surface area contributed by atoms with E-state index < -0.39 is 10.0 Å². The number of halogens is 1. The number of hydrogen-bond acceptors (Lipinski definition) is 4. The number of hydrogen-bond donors (Lipinski definition) is 2. The number of nitrogens with one attached hydrogen (secondary N) is 2. The average molecular weight is 382 g/mol. The van der Waals surface area contributed by atoms with Crippen molar-refractivity contribution < 1.29 is 17.6 Å². The van der Waals surface area contributed by atoms with E-state index in [1.165, 1.54) is 13.1 Å². The Morgan fingerprint density at radius 3 is 2.36 bits per heavy atom. The van der Waals surface area contributed by atoms with E-state index in [1.54, 1.807) is 42.5 Å². The van der Waals surface area contributed by atoms with E-state index in [4.69, 9.17) is 0 Å². The quantitative estimate of drug-likeness (QED) is 0.687. The van der Waals surface area contributed by atoms with Gasteiger partial charge in [-0.1, -0.05) is 36.4 Å². The lowest BCUT2D eigenvalue weighted by molar-refractivity contribution is -0.118. The molecule has 134 valence electrons. The predicted octanol–water partition coefficient (Wildman–Crippen LogP) is 2.28. The highest BCUT2D eigenvalue weighted by atomic mass is 32.2. The molecule has 0 aromatic heterocycles. The van der Waals surface area contributed by atoms with Crippen LogP contribution in [0.3, 0.4) is 0 Å². The summed E-state index contributed by atoms with van der Waals surface area (Å²) in [5.74, 6) is -0.503. The molecule has 0 atom stereocenters. The third kappa shape index (κ3) is 6.49. The highest BCUT2D eigenvalue weighted by Crippen LogP contribution is 2.20. The Morgan fingerprint density at radius 1 is 1.08 bits per heavy atom. The lowest BCUT2D eigenvalue weighted by Gasteiger charge is -2.07. The molecular weight excluding hydrogens is 363 g/mol. The van der Waals surface area contributed by atoms with Gasteiger partial charge in [-0.15, -0.1) is 11.8 Å². The first kappa shape index (κ1) is 19.4. The molecule has 0 unspecified atom stereocenters. The summed E-state index contributed by atoms with van der Waals surface area (Å²) >= 11 is 1.14. The van der Waals surface area contributed by atoms with Gasteiger partial charge in [0.2, 0.25) is 15.9 Å². The first-order valence-electron chi connectivity index (χ1n) is 7.52. The minimum atomic E-state index is -3.30. The topological polar surface area (TPSA) is 75.3 Å². The van der Waals surface area contributed by atoms with Gasteiger partial charge in [0.05, 0.1) is 11.5 Å². The smallest absolute Gasteiger partial charge is 0.230 e.